The van der Waals surface area contributed by atoms with Crippen LogP contribution in [0.15, 0.2) is 18.2 Å². The van der Waals surface area contributed by atoms with Crippen molar-refractivity contribution in [3.05, 3.63) is 33.9 Å². The number of nitro benzene ring substituents is 1. The van der Waals surface area contributed by atoms with Gasteiger partial charge in [-0.15, -0.1) is 0 Å². The minimum Gasteiger partial charge on any atom is -0.477 e. The Morgan fingerprint density at radius 2 is 2.25 bits per heavy atom. The number of anilines is 1. The van der Waals surface area contributed by atoms with Gasteiger partial charge in [-0.3, -0.25) is 14.9 Å². The van der Waals surface area contributed by atoms with Crippen molar-refractivity contribution >= 4 is 23.3 Å². The van der Waals surface area contributed by atoms with Gasteiger partial charge >= 0.3 is 11.7 Å². The van der Waals surface area contributed by atoms with Crippen molar-refractivity contribution in [1.29, 1.82) is 0 Å². The number of para-hydroxylation sites is 1. The molecule has 1 aliphatic rings. The number of hydrogen-bond acceptors (Lipinski definition) is 5. The van der Waals surface area contributed by atoms with E-state index < -0.39 is 22.6 Å². The Kier molecular flexibility index (Phi) is 3.55. The van der Waals surface area contributed by atoms with Crippen molar-refractivity contribution in [1.82, 2.24) is 5.32 Å². The molecule has 2 rings (SSSR count). The van der Waals surface area contributed by atoms with Gasteiger partial charge in [0.2, 0.25) is 5.91 Å². The number of amides is 1. The van der Waals surface area contributed by atoms with Crippen molar-refractivity contribution < 1.29 is 19.6 Å². The van der Waals surface area contributed by atoms with Crippen LogP contribution in [0.3, 0.4) is 0 Å². The Labute approximate surface area is 114 Å². The van der Waals surface area contributed by atoms with Gasteiger partial charge in [0.15, 0.2) is 0 Å². The Morgan fingerprint density at radius 1 is 1.55 bits per heavy atom. The molecule has 1 saturated heterocycles. The van der Waals surface area contributed by atoms with E-state index in [1.54, 1.807) is 11.8 Å². The fraction of sp³-hybridized carbons (Fsp3) is 0.333. The molecule has 1 aliphatic heterocycles. The number of nitro groups is 1. The summed E-state index contributed by atoms with van der Waals surface area (Å²) in [6, 6.07) is 3.48. The van der Waals surface area contributed by atoms with Crippen molar-refractivity contribution in [3.8, 4) is 0 Å². The van der Waals surface area contributed by atoms with Crippen molar-refractivity contribution in [3.63, 3.8) is 0 Å². The lowest BCUT2D eigenvalue weighted by molar-refractivity contribution is -0.384. The van der Waals surface area contributed by atoms with Gasteiger partial charge in [-0.25, -0.2) is 4.79 Å². The Hall–Kier alpha value is -2.64. The van der Waals surface area contributed by atoms with Crippen LogP contribution in [0.4, 0.5) is 11.4 Å². The number of rotatable bonds is 3. The van der Waals surface area contributed by atoms with Crippen LogP contribution in [-0.4, -0.2) is 41.0 Å². The van der Waals surface area contributed by atoms with E-state index in [2.05, 4.69) is 5.32 Å². The summed E-state index contributed by atoms with van der Waals surface area (Å²) in [7, 11) is 0. The molecule has 0 aliphatic carbocycles. The zero-order valence-electron chi connectivity index (χ0n) is 10.7. The van der Waals surface area contributed by atoms with E-state index in [0.29, 0.717) is 13.1 Å². The van der Waals surface area contributed by atoms with Gasteiger partial charge in [0.25, 0.3) is 0 Å². The molecule has 0 bridgehead atoms. The summed E-state index contributed by atoms with van der Waals surface area (Å²) in [4.78, 5) is 34.8. The molecule has 106 valence electrons. The molecule has 0 aromatic heterocycles. The first-order valence-electron chi connectivity index (χ1n) is 5.98. The monoisotopic (exact) mass is 279 g/mol. The third-order valence-corrected chi connectivity index (χ3v) is 3.24. The van der Waals surface area contributed by atoms with Gasteiger partial charge in [0, 0.05) is 13.1 Å². The number of carbonyl (C=O) groups excluding carboxylic acids is 1. The lowest BCUT2D eigenvalue weighted by atomic mass is 10.1. The van der Waals surface area contributed by atoms with E-state index in [9.17, 15) is 19.7 Å². The maximum Gasteiger partial charge on any atom is 0.342 e. The smallest absolute Gasteiger partial charge is 0.342 e. The topological polar surface area (TPSA) is 113 Å². The molecule has 0 spiro atoms. The number of aromatic carboxylic acids is 1. The number of piperazine rings is 1. The van der Waals surface area contributed by atoms with Crippen molar-refractivity contribution in [2.45, 2.75) is 13.0 Å². The second-order valence-electron chi connectivity index (χ2n) is 4.40. The third kappa shape index (κ3) is 2.27. The fourth-order valence-corrected chi connectivity index (χ4v) is 2.24. The van der Waals surface area contributed by atoms with Gasteiger partial charge in [-0.05, 0) is 19.1 Å². The zero-order valence-corrected chi connectivity index (χ0v) is 10.7. The SMILES string of the molecule is CC1C(=O)NCCN1c1cccc(C(=O)O)c1[N+](=O)[O-]. The Bertz CT molecular complexity index is 586. The molecular formula is C12H13N3O5. The number of carboxylic acid groups (broad SMARTS) is 1. The summed E-state index contributed by atoms with van der Waals surface area (Å²) in [5.41, 5.74) is -0.718. The van der Waals surface area contributed by atoms with Crippen LogP contribution >= 0.6 is 0 Å². The van der Waals surface area contributed by atoms with Crippen LogP contribution in [0.25, 0.3) is 0 Å². The summed E-state index contributed by atoms with van der Waals surface area (Å²) in [5.74, 6) is -1.61. The summed E-state index contributed by atoms with van der Waals surface area (Å²) in [6.45, 7) is 2.36. The zero-order chi connectivity index (χ0) is 14.9. The highest BCUT2D eigenvalue weighted by Crippen LogP contribution is 2.33. The molecule has 1 heterocycles. The van der Waals surface area contributed by atoms with Gasteiger partial charge in [0.1, 0.15) is 17.3 Å². The van der Waals surface area contributed by atoms with Crippen LogP contribution in [0.2, 0.25) is 0 Å². The number of carbonyl (C=O) groups is 2. The maximum atomic E-state index is 11.6. The molecule has 1 unspecified atom stereocenters. The third-order valence-electron chi connectivity index (χ3n) is 3.24. The number of nitrogens with one attached hydrogen (secondary N) is 1. The maximum absolute atomic E-state index is 11.6. The molecule has 0 radical (unpaired) electrons. The van der Waals surface area contributed by atoms with Crippen LogP contribution in [0.5, 0.6) is 0 Å². The second kappa shape index (κ2) is 5.16. The summed E-state index contributed by atoms with van der Waals surface area (Å²) in [6.07, 6.45) is 0. The normalized spacial score (nSPS) is 18.6. The highest BCUT2D eigenvalue weighted by Gasteiger charge is 2.33. The molecular weight excluding hydrogens is 266 g/mol. The average molecular weight is 279 g/mol. The van der Waals surface area contributed by atoms with E-state index in [-0.39, 0.29) is 17.2 Å². The van der Waals surface area contributed by atoms with E-state index >= 15 is 0 Å². The van der Waals surface area contributed by atoms with E-state index in [1.807, 2.05) is 0 Å². The lowest BCUT2D eigenvalue weighted by Crippen LogP contribution is -2.54. The minimum absolute atomic E-state index is 0.150. The second-order valence-corrected chi connectivity index (χ2v) is 4.40. The highest BCUT2D eigenvalue weighted by molar-refractivity contribution is 5.96. The number of nitrogens with zero attached hydrogens (tertiary/aromatic N) is 2. The predicted molar refractivity (Wildman–Crippen MR) is 69.9 cm³/mol. The molecule has 1 fully saturated rings. The summed E-state index contributed by atoms with van der Waals surface area (Å²) < 4.78 is 0. The van der Waals surface area contributed by atoms with Crippen LogP contribution in [0, 0.1) is 10.1 Å². The first kappa shape index (κ1) is 13.8. The molecule has 1 atom stereocenters. The molecule has 1 aromatic carbocycles. The first-order valence-corrected chi connectivity index (χ1v) is 5.98. The van der Waals surface area contributed by atoms with E-state index in [0.717, 1.165) is 0 Å². The van der Waals surface area contributed by atoms with Gasteiger partial charge < -0.3 is 15.3 Å². The summed E-state index contributed by atoms with van der Waals surface area (Å²) in [5, 5.41) is 22.9. The quantitative estimate of drug-likeness (QED) is 0.619. The number of benzene rings is 1. The van der Waals surface area contributed by atoms with Crippen LogP contribution in [-0.2, 0) is 4.79 Å². The van der Waals surface area contributed by atoms with Crippen LogP contribution in [0.1, 0.15) is 17.3 Å². The average Bonchev–Trinajstić information content (AvgIpc) is 2.40. The Balaban J connectivity index is 2.56. The molecule has 8 heteroatoms. The fourth-order valence-electron chi connectivity index (χ4n) is 2.24. The minimum atomic E-state index is -1.37. The molecule has 20 heavy (non-hydrogen) atoms. The van der Waals surface area contributed by atoms with E-state index in [1.165, 1.54) is 18.2 Å². The number of hydrogen-bond donors (Lipinski definition) is 2. The lowest BCUT2D eigenvalue weighted by Gasteiger charge is -2.34. The summed E-state index contributed by atoms with van der Waals surface area (Å²) >= 11 is 0. The molecule has 8 nitrogen and oxygen atoms in total. The van der Waals surface area contributed by atoms with Crippen LogP contribution < -0.4 is 10.2 Å². The molecule has 1 amide bonds. The molecule has 0 saturated carbocycles. The van der Waals surface area contributed by atoms with Gasteiger partial charge in [0.05, 0.1) is 4.92 Å². The standard InChI is InChI=1S/C12H13N3O5/c1-7-11(16)13-5-6-14(7)9-4-2-3-8(12(17)18)10(9)15(19)20/h2-4,7H,5-6H2,1H3,(H,13,16)(H,17,18). The highest BCUT2D eigenvalue weighted by atomic mass is 16.6. The van der Waals surface area contributed by atoms with Gasteiger partial charge in [-0.1, -0.05) is 6.07 Å². The molecule has 2 N–H and O–H groups in total. The van der Waals surface area contributed by atoms with Gasteiger partial charge in [-0.2, -0.15) is 0 Å². The predicted octanol–water partition coefficient (Wildman–Crippen LogP) is 0.618. The van der Waals surface area contributed by atoms with E-state index in [4.69, 9.17) is 5.11 Å². The number of carboxylic acids is 1. The first-order chi connectivity index (χ1) is 9.43. The largest absolute Gasteiger partial charge is 0.477 e. The van der Waals surface area contributed by atoms with Crippen molar-refractivity contribution in [2.24, 2.45) is 0 Å². The molecule has 1 aromatic rings. The van der Waals surface area contributed by atoms with Crippen molar-refractivity contribution in [2.75, 3.05) is 18.0 Å². The Morgan fingerprint density at radius 3 is 2.85 bits per heavy atom.